The van der Waals surface area contributed by atoms with Crippen molar-refractivity contribution in [3.05, 3.63) is 0 Å². The first-order valence-electron chi connectivity index (χ1n) is 6.90. The molecule has 0 heterocycles. The van der Waals surface area contributed by atoms with Crippen LogP contribution in [0, 0.1) is 17.8 Å². The summed E-state index contributed by atoms with van der Waals surface area (Å²) in [6.07, 6.45) is 0. The van der Waals surface area contributed by atoms with Crippen molar-refractivity contribution in [3.63, 3.8) is 0 Å². The monoisotopic (exact) mass is 258 g/mol. The molecule has 0 bridgehead atoms. The Labute approximate surface area is 112 Å². The zero-order valence-corrected chi connectivity index (χ0v) is 12.7. The molecule has 0 aromatic rings. The average Bonchev–Trinajstić information content (AvgIpc) is 2.28. The second kappa shape index (κ2) is 9.34. The first-order chi connectivity index (χ1) is 8.40. The van der Waals surface area contributed by atoms with E-state index in [1.54, 1.807) is 7.11 Å². The maximum Gasteiger partial charge on any atom is 0.236 e. The maximum absolute atomic E-state index is 11.7. The van der Waals surface area contributed by atoms with Gasteiger partial charge in [-0.3, -0.25) is 4.79 Å². The molecule has 18 heavy (non-hydrogen) atoms. The summed E-state index contributed by atoms with van der Waals surface area (Å²) in [7, 11) is 1.63. The highest BCUT2D eigenvalue weighted by atomic mass is 16.5. The molecule has 108 valence electrons. The predicted molar refractivity (Wildman–Crippen MR) is 75.5 cm³/mol. The molecule has 0 aliphatic heterocycles. The zero-order valence-electron chi connectivity index (χ0n) is 12.7. The van der Waals surface area contributed by atoms with Crippen molar-refractivity contribution in [1.82, 2.24) is 10.6 Å². The third kappa shape index (κ3) is 6.97. The van der Waals surface area contributed by atoms with Gasteiger partial charge in [0.25, 0.3) is 0 Å². The Hall–Kier alpha value is -0.610. The van der Waals surface area contributed by atoms with Gasteiger partial charge in [0.1, 0.15) is 0 Å². The van der Waals surface area contributed by atoms with Crippen molar-refractivity contribution < 1.29 is 9.53 Å². The number of rotatable bonds is 9. The Morgan fingerprint density at radius 2 is 1.67 bits per heavy atom. The van der Waals surface area contributed by atoms with Gasteiger partial charge in [0.2, 0.25) is 5.91 Å². The van der Waals surface area contributed by atoms with E-state index in [1.807, 2.05) is 6.92 Å². The van der Waals surface area contributed by atoms with Crippen molar-refractivity contribution in [3.8, 4) is 0 Å². The molecule has 0 aromatic heterocycles. The molecule has 0 rings (SSSR count). The fourth-order valence-corrected chi connectivity index (χ4v) is 2.08. The minimum Gasteiger partial charge on any atom is -0.383 e. The molecule has 0 aliphatic carbocycles. The standard InChI is InChI=1S/C14H30N2O2/c1-10(2)13(11(3)4)9-16-12(5)14(17)15-7-8-18-6/h10-13,16H,7-9H2,1-6H3,(H,15,17). The number of nitrogens with one attached hydrogen (secondary N) is 2. The lowest BCUT2D eigenvalue weighted by atomic mass is 9.85. The molecular formula is C14H30N2O2. The molecule has 0 spiro atoms. The second-order valence-electron chi connectivity index (χ2n) is 5.57. The van der Waals surface area contributed by atoms with Crippen LogP contribution in [-0.2, 0) is 9.53 Å². The van der Waals surface area contributed by atoms with E-state index in [-0.39, 0.29) is 11.9 Å². The number of hydrogen-bond donors (Lipinski definition) is 2. The Balaban J connectivity index is 3.99. The summed E-state index contributed by atoms with van der Waals surface area (Å²) in [4.78, 5) is 11.7. The van der Waals surface area contributed by atoms with Crippen LogP contribution in [0.15, 0.2) is 0 Å². The highest BCUT2D eigenvalue weighted by molar-refractivity contribution is 5.81. The van der Waals surface area contributed by atoms with Crippen LogP contribution < -0.4 is 10.6 Å². The van der Waals surface area contributed by atoms with Crippen LogP contribution in [0.3, 0.4) is 0 Å². The molecule has 1 unspecified atom stereocenters. The summed E-state index contributed by atoms with van der Waals surface area (Å²) >= 11 is 0. The lowest BCUT2D eigenvalue weighted by molar-refractivity contribution is -0.123. The van der Waals surface area contributed by atoms with Crippen molar-refractivity contribution in [2.24, 2.45) is 17.8 Å². The Morgan fingerprint density at radius 1 is 1.11 bits per heavy atom. The van der Waals surface area contributed by atoms with Gasteiger partial charge in [-0.15, -0.1) is 0 Å². The van der Waals surface area contributed by atoms with Gasteiger partial charge in [0.05, 0.1) is 12.6 Å². The summed E-state index contributed by atoms with van der Waals surface area (Å²) in [5.74, 6) is 1.89. The first-order valence-corrected chi connectivity index (χ1v) is 6.90. The maximum atomic E-state index is 11.7. The summed E-state index contributed by atoms with van der Waals surface area (Å²) in [5, 5.41) is 6.16. The van der Waals surface area contributed by atoms with E-state index in [9.17, 15) is 4.79 Å². The van der Waals surface area contributed by atoms with Crippen molar-refractivity contribution in [1.29, 1.82) is 0 Å². The van der Waals surface area contributed by atoms with Crippen molar-refractivity contribution >= 4 is 5.91 Å². The molecule has 2 N–H and O–H groups in total. The molecule has 0 saturated heterocycles. The van der Waals surface area contributed by atoms with E-state index in [2.05, 4.69) is 38.3 Å². The van der Waals surface area contributed by atoms with Gasteiger partial charge < -0.3 is 15.4 Å². The van der Waals surface area contributed by atoms with Gasteiger partial charge in [0, 0.05) is 13.7 Å². The summed E-state index contributed by atoms with van der Waals surface area (Å²) < 4.78 is 4.90. The highest BCUT2D eigenvalue weighted by Gasteiger charge is 2.19. The van der Waals surface area contributed by atoms with Gasteiger partial charge in [-0.2, -0.15) is 0 Å². The minimum atomic E-state index is -0.151. The fourth-order valence-electron chi connectivity index (χ4n) is 2.08. The van der Waals surface area contributed by atoms with Crippen LogP contribution in [0.5, 0.6) is 0 Å². The quantitative estimate of drug-likeness (QED) is 0.618. The summed E-state index contributed by atoms with van der Waals surface area (Å²) in [6, 6.07) is -0.151. The lowest BCUT2D eigenvalue weighted by Gasteiger charge is -2.26. The normalized spacial score (nSPS) is 13.4. The molecule has 0 fully saturated rings. The van der Waals surface area contributed by atoms with Crippen LogP contribution in [0.1, 0.15) is 34.6 Å². The van der Waals surface area contributed by atoms with E-state index in [0.717, 1.165) is 6.54 Å². The smallest absolute Gasteiger partial charge is 0.236 e. The van der Waals surface area contributed by atoms with E-state index >= 15 is 0 Å². The van der Waals surface area contributed by atoms with Crippen LogP contribution in [0.4, 0.5) is 0 Å². The average molecular weight is 258 g/mol. The molecule has 4 nitrogen and oxygen atoms in total. The van der Waals surface area contributed by atoms with Crippen LogP contribution in [-0.4, -0.2) is 38.8 Å². The Kier molecular flexibility index (Phi) is 9.02. The van der Waals surface area contributed by atoms with E-state index in [0.29, 0.717) is 30.9 Å². The molecular weight excluding hydrogens is 228 g/mol. The van der Waals surface area contributed by atoms with E-state index < -0.39 is 0 Å². The minimum absolute atomic E-state index is 0.0401. The Morgan fingerprint density at radius 3 is 2.11 bits per heavy atom. The molecule has 4 heteroatoms. The molecule has 0 aromatic carbocycles. The van der Waals surface area contributed by atoms with Crippen LogP contribution >= 0.6 is 0 Å². The molecule has 1 atom stereocenters. The van der Waals surface area contributed by atoms with Crippen molar-refractivity contribution in [2.75, 3.05) is 26.8 Å². The number of carbonyl (C=O) groups is 1. The van der Waals surface area contributed by atoms with E-state index in [1.165, 1.54) is 0 Å². The number of carbonyl (C=O) groups excluding carboxylic acids is 1. The fraction of sp³-hybridized carbons (Fsp3) is 0.929. The van der Waals surface area contributed by atoms with Gasteiger partial charge in [-0.1, -0.05) is 27.7 Å². The van der Waals surface area contributed by atoms with Crippen molar-refractivity contribution in [2.45, 2.75) is 40.7 Å². The van der Waals surface area contributed by atoms with Gasteiger partial charge >= 0.3 is 0 Å². The highest BCUT2D eigenvalue weighted by Crippen LogP contribution is 2.19. The van der Waals surface area contributed by atoms with E-state index in [4.69, 9.17) is 4.74 Å². The number of ether oxygens (including phenoxy) is 1. The van der Waals surface area contributed by atoms with Gasteiger partial charge in [0.15, 0.2) is 0 Å². The number of amides is 1. The largest absolute Gasteiger partial charge is 0.383 e. The first kappa shape index (κ1) is 17.4. The third-order valence-corrected chi connectivity index (χ3v) is 3.37. The number of methoxy groups -OCH3 is 1. The predicted octanol–water partition coefficient (Wildman–Crippen LogP) is 1.66. The molecule has 0 aliphatic rings. The van der Waals surface area contributed by atoms with Crippen LogP contribution in [0.25, 0.3) is 0 Å². The Bertz CT molecular complexity index is 222. The topological polar surface area (TPSA) is 50.4 Å². The second-order valence-corrected chi connectivity index (χ2v) is 5.57. The molecule has 1 amide bonds. The third-order valence-electron chi connectivity index (χ3n) is 3.37. The zero-order chi connectivity index (χ0) is 14.1. The van der Waals surface area contributed by atoms with Crippen LogP contribution in [0.2, 0.25) is 0 Å². The number of hydrogen-bond acceptors (Lipinski definition) is 3. The molecule has 0 radical (unpaired) electrons. The summed E-state index contributed by atoms with van der Waals surface area (Å²) in [5.41, 5.74) is 0. The SMILES string of the molecule is COCCNC(=O)C(C)NCC(C(C)C)C(C)C. The van der Waals surface area contributed by atoms with Gasteiger partial charge in [-0.25, -0.2) is 0 Å². The van der Waals surface area contributed by atoms with Gasteiger partial charge in [-0.05, 0) is 31.2 Å². The summed E-state index contributed by atoms with van der Waals surface area (Å²) in [6.45, 7) is 12.8. The molecule has 0 saturated carbocycles. The lowest BCUT2D eigenvalue weighted by Crippen LogP contribution is -2.45.